The van der Waals surface area contributed by atoms with Gasteiger partial charge in [-0.25, -0.2) is 0 Å². The fraction of sp³-hybridized carbons (Fsp3) is 0.357. The number of carbonyl (C=O) groups excluding carboxylic acids is 1. The normalized spacial score (nSPS) is 11.0. The van der Waals surface area contributed by atoms with Crippen molar-refractivity contribution in [2.24, 2.45) is 0 Å². The number of hydrogen-bond acceptors (Lipinski definition) is 5. The minimum Gasteiger partial charge on any atom is -0.395 e. The number of benzene rings is 1. The summed E-state index contributed by atoms with van der Waals surface area (Å²) in [5.41, 5.74) is 2.16. The molecule has 0 aliphatic heterocycles. The molecule has 1 aromatic rings. The van der Waals surface area contributed by atoms with Gasteiger partial charge in [0.25, 0.3) is 13.1 Å². The Hall–Kier alpha value is -1.63. The summed E-state index contributed by atoms with van der Waals surface area (Å²) in [4.78, 5) is 16.5. The van der Waals surface area contributed by atoms with E-state index in [1.165, 1.54) is 17.9 Å². The lowest BCUT2D eigenvalue weighted by molar-refractivity contribution is -0.103. The molecule has 20 heavy (non-hydrogen) atoms. The molecule has 0 saturated heterocycles. The molecule has 0 amide bonds. The predicted octanol–water partition coefficient (Wildman–Crippen LogP) is 1.01. The largest absolute Gasteiger partial charge is 0.395 e. The molecular weight excluding hydrogens is 257 g/mol. The monoisotopic (exact) mass is 276 g/mol. The zero-order chi connectivity index (χ0) is 14.8. The second-order valence-corrected chi connectivity index (χ2v) is 4.22. The number of aliphatic hydroxyl groups excluding tert-OH is 2. The van der Waals surface area contributed by atoms with Crippen LogP contribution in [0.5, 0.6) is 0 Å². The van der Waals surface area contributed by atoms with E-state index in [4.69, 9.17) is 15.1 Å². The van der Waals surface area contributed by atoms with Crippen molar-refractivity contribution in [2.75, 3.05) is 26.3 Å². The Morgan fingerprint density at radius 2 is 1.85 bits per heavy atom. The van der Waals surface area contributed by atoms with Gasteiger partial charge in [-0.05, 0) is 12.5 Å². The van der Waals surface area contributed by atoms with E-state index >= 15 is 0 Å². The van der Waals surface area contributed by atoms with Crippen molar-refractivity contribution in [1.29, 1.82) is 0 Å². The summed E-state index contributed by atoms with van der Waals surface area (Å²) >= 11 is 0. The van der Waals surface area contributed by atoms with Crippen LogP contribution in [0.1, 0.15) is 11.1 Å². The first-order valence-corrected chi connectivity index (χ1v) is 6.42. The zero-order valence-electron chi connectivity index (χ0n) is 11.5. The van der Waals surface area contributed by atoms with Gasteiger partial charge in [-0.2, -0.15) is 0 Å². The van der Waals surface area contributed by atoms with Crippen LogP contribution >= 0.6 is 0 Å². The van der Waals surface area contributed by atoms with E-state index in [0.29, 0.717) is 0 Å². The molecule has 0 atom stereocenters. The molecule has 6 heteroatoms. The number of carbonyl (C=O) groups is 1. The second-order valence-electron chi connectivity index (χ2n) is 4.22. The lowest BCUT2D eigenvalue weighted by atomic mass is 9.78. The minimum absolute atomic E-state index is 0.146. The summed E-state index contributed by atoms with van der Waals surface area (Å²) in [5.74, 6) is 1.05. The molecular formula is C14H19BNO4. The molecule has 0 unspecified atom stereocenters. The Kier molecular flexibility index (Phi) is 7.64. The zero-order valence-corrected chi connectivity index (χ0v) is 11.5. The van der Waals surface area contributed by atoms with E-state index in [0.717, 1.165) is 5.56 Å². The van der Waals surface area contributed by atoms with Gasteiger partial charge < -0.3 is 15.1 Å². The van der Waals surface area contributed by atoms with Crippen molar-refractivity contribution in [3.05, 3.63) is 41.4 Å². The first-order chi connectivity index (χ1) is 9.65. The molecule has 107 valence electrons. The van der Waals surface area contributed by atoms with E-state index in [1.807, 2.05) is 31.2 Å². The molecule has 1 aromatic carbocycles. The van der Waals surface area contributed by atoms with Crippen LogP contribution in [0.2, 0.25) is 0 Å². The number of aryl methyl sites for hydroxylation is 1. The van der Waals surface area contributed by atoms with E-state index < -0.39 is 5.87 Å². The highest BCUT2D eigenvalue weighted by Crippen LogP contribution is 2.04. The first-order valence-electron chi connectivity index (χ1n) is 6.42. The van der Waals surface area contributed by atoms with E-state index in [2.05, 4.69) is 0 Å². The van der Waals surface area contributed by atoms with E-state index in [1.54, 1.807) is 12.1 Å². The van der Waals surface area contributed by atoms with Crippen molar-refractivity contribution >= 4 is 19.2 Å². The first kappa shape index (κ1) is 16.4. The third kappa shape index (κ3) is 6.52. The van der Waals surface area contributed by atoms with Crippen LogP contribution in [0.25, 0.3) is 6.08 Å². The topological polar surface area (TPSA) is 70.0 Å². The Balaban J connectivity index is 2.39. The summed E-state index contributed by atoms with van der Waals surface area (Å²) in [6.07, 6.45) is 1.79. The van der Waals surface area contributed by atoms with E-state index in [-0.39, 0.29) is 26.3 Å². The highest BCUT2D eigenvalue weighted by Gasteiger charge is 2.10. The molecule has 1 radical (unpaired) electrons. The van der Waals surface area contributed by atoms with Gasteiger partial charge in [-0.15, -0.1) is 11.0 Å². The SMILES string of the molecule is Cc1ccc(C=C[B]C(=O)ON(CCO)CCO)cc1. The Morgan fingerprint density at radius 1 is 1.25 bits per heavy atom. The van der Waals surface area contributed by atoms with Gasteiger partial charge in [0.05, 0.1) is 26.3 Å². The number of aliphatic hydroxyl groups is 2. The van der Waals surface area contributed by atoms with Gasteiger partial charge in [0.2, 0.25) is 0 Å². The molecule has 0 fully saturated rings. The molecule has 0 spiro atoms. The van der Waals surface area contributed by atoms with Gasteiger partial charge in [0, 0.05) is 0 Å². The quantitative estimate of drug-likeness (QED) is 0.547. The summed E-state index contributed by atoms with van der Waals surface area (Å²) in [6.45, 7) is 2.05. The Morgan fingerprint density at radius 3 is 2.40 bits per heavy atom. The van der Waals surface area contributed by atoms with Crippen LogP contribution in [-0.2, 0) is 4.84 Å². The molecule has 2 N–H and O–H groups in total. The minimum atomic E-state index is -0.546. The molecule has 0 aromatic heterocycles. The third-order valence-corrected chi connectivity index (χ3v) is 2.52. The maximum atomic E-state index is 11.5. The van der Waals surface area contributed by atoms with Crippen LogP contribution in [0.4, 0.5) is 4.79 Å². The van der Waals surface area contributed by atoms with Crippen molar-refractivity contribution in [3.8, 4) is 0 Å². The average Bonchev–Trinajstić information content (AvgIpc) is 2.41. The molecule has 0 heterocycles. The second kappa shape index (κ2) is 9.31. The van der Waals surface area contributed by atoms with E-state index in [9.17, 15) is 4.79 Å². The molecule has 0 bridgehead atoms. The van der Waals surface area contributed by atoms with Crippen molar-refractivity contribution in [2.45, 2.75) is 6.92 Å². The fourth-order valence-corrected chi connectivity index (χ4v) is 1.50. The van der Waals surface area contributed by atoms with Gasteiger partial charge in [0.1, 0.15) is 0 Å². The molecule has 1 rings (SSSR count). The van der Waals surface area contributed by atoms with Crippen LogP contribution in [0.3, 0.4) is 0 Å². The van der Waals surface area contributed by atoms with Gasteiger partial charge in [-0.3, -0.25) is 4.79 Å². The van der Waals surface area contributed by atoms with Crippen LogP contribution in [0.15, 0.2) is 30.2 Å². The van der Waals surface area contributed by atoms with Gasteiger partial charge in [-0.1, -0.05) is 35.9 Å². The summed E-state index contributed by atoms with van der Waals surface area (Å²) in [6, 6.07) is 7.88. The molecule has 5 nitrogen and oxygen atoms in total. The van der Waals surface area contributed by atoms with Crippen molar-refractivity contribution < 1.29 is 19.8 Å². The molecule has 0 aliphatic rings. The number of hydrogen-bond donors (Lipinski definition) is 2. The maximum Gasteiger partial charge on any atom is 0.293 e. The van der Waals surface area contributed by atoms with Crippen LogP contribution < -0.4 is 0 Å². The fourth-order valence-electron chi connectivity index (χ4n) is 1.50. The van der Waals surface area contributed by atoms with Crippen molar-refractivity contribution in [3.63, 3.8) is 0 Å². The van der Waals surface area contributed by atoms with Crippen LogP contribution in [-0.4, -0.2) is 54.7 Å². The van der Waals surface area contributed by atoms with Crippen molar-refractivity contribution in [1.82, 2.24) is 5.06 Å². The number of hydroxylamine groups is 2. The third-order valence-electron chi connectivity index (χ3n) is 2.52. The maximum absolute atomic E-state index is 11.5. The number of nitrogens with zero attached hydrogens (tertiary/aromatic N) is 1. The van der Waals surface area contributed by atoms with Gasteiger partial charge >= 0.3 is 0 Å². The Labute approximate surface area is 119 Å². The predicted molar refractivity (Wildman–Crippen MR) is 78.2 cm³/mol. The average molecular weight is 276 g/mol. The number of rotatable bonds is 8. The summed E-state index contributed by atoms with van der Waals surface area (Å²) in [5, 5.41) is 18.8. The lowest BCUT2D eigenvalue weighted by Crippen LogP contribution is -2.33. The molecule has 0 saturated carbocycles. The molecule has 0 aliphatic carbocycles. The lowest BCUT2D eigenvalue weighted by Gasteiger charge is -2.18. The summed E-state index contributed by atoms with van der Waals surface area (Å²) in [7, 11) is 1.29. The van der Waals surface area contributed by atoms with Gasteiger partial charge in [0.15, 0.2) is 0 Å². The highest BCUT2D eigenvalue weighted by molar-refractivity contribution is 6.76. The smallest absolute Gasteiger partial charge is 0.293 e. The summed E-state index contributed by atoms with van der Waals surface area (Å²) < 4.78 is 0. The standard InChI is InChI=1S/C14H19BNO4/c1-12-2-4-13(5-3-12)6-7-15-14(19)20-16(8-10-17)9-11-18/h2-7,17-18H,8-11H2,1H3. The highest BCUT2D eigenvalue weighted by atomic mass is 16.7. The Bertz CT molecular complexity index is 427. The van der Waals surface area contributed by atoms with Crippen LogP contribution in [0, 0.1) is 6.92 Å².